The molecule has 0 aliphatic carbocycles. The van der Waals surface area contributed by atoms with Crippen molar-refractivity contribution in [3.63, 3.8) is 0 Å². The number of hydrogen-bond acceptors (Lipinski definition) is 5. The van der Waals surface area contributed by atoms with Gasteiger partial charge >= 0.3 is 0 Å². The van der Waals surface area contributed by atoms with Crippen LogP contribution >= 0.6 is 0 Å². The first kappa shape index (κ1) is 21.6. The summed E-state index contributed by atoms with van der Waals surface area (Å²) in [6, 6.07) is 21.2. The van der Waals surface area contributed by atoms with E-state index in [0.717, 1.165) is 23.9 Å². The lowest BCUT2D eigenvalue weighted by Gasteiger charge is -2.23. The van der Waals surface area contributed by atoms with E-state index in [0.29, 0.717) is 35.7 Å². The Morgan fingerprint density at radius 1 is 1.09 bits per heavy atom. The number of aliphatic imine (C=N–C) groups is 1. The van der Waals surface area contributed by atoms with E-state index < -0.39 is 0 Å². The van der Waals surface area contributed by atoms with Crippen LogP contribution in [0.25, 0.3) is 22.6 Å². The second-order valence-electron chi connectivity index (χ2n) is 8.27. The summed E-state index contributed by atoms with van der Waals surface area (Å²) < 4.78 is 1.75. The summed E-state index contributed by atoms with van der Waals surface area (Å²) in [4.78, 5) is 24.8. The number of aromatic nitrogens is 3. The Balaban J connectivity index is 1.38. The minimum absolute atomic E-state index is 0.0288. The largest absolute Gasteiger partial charge is 0.398 e. The minimum Gasteiger partial charge on any atom is -0.398 e. The molecule has 3 aromatic heterocycles. The fraction of sp³-hybridized carbons (Fsp3) is 0.185. The monoisotopic (exact) mass is 450 g/mol. The van der Waals surface area contributed by atoms with E-state index in [2.05, 4.69) is 15.1 Å². The van der Waals surface area contributed by atoms with E-state index in [1.807, 2.05) is 77.8 Å². The zero-order chi connectivity index (χ0) is 23.3. The smallest absolute Gasteiger partial charge is 0.258 e. The number of likely N-dealkylation sites (tertiary alicyclic amines) is 1. The molecule has 1 fully saturated rings. The number of hydrogen-bond donors (Lipinski definition) is 1. The Morgan fingerprint density at radius 2 is 1.91 bits per heavy atom. The second-order valence-corrected chi connectivity index (χ2v) is 8.27. The Bertz CT molecular complexity index is 1340. The van der Waals surface area contributed by atoms with Crippen molar-refractivity contribution >= 4 is 23.3 Å². The van der Waals surface area contributed by atoms with Crippen LogP contribution in [0.4, 0.5) is 0 Å². The van der Waals surface area contributed by atoms with Gasteiger partial charge in [-0.15, -0.1) is 0 Å². The highest BCUT2D eigenvalue weighted by Gasteiger charge is 2.33. The number of pyridine rings is 2. The minimum atomic E-state index is -0.0288. The molecule has 0 spiro atoms. The zero-order valence-electron chi connectivity index (χ0n) is 18.8. The number of nitrogens with zero attached hydrogens (tertiary/aromatic N) is 5. The lowest BCUT2D eigenvalue weighted by atomic mass is 10.1. The maximum Gasteiger partial charge on any atom is 0.258 e. The summed E-state index contributed by atoms with van der Waals surface area (Å²) in [7, 11) is 0. The third-order valence-electron chi connectivity index (χ3n) is 6.08. The van der Waals surface area contributed by atoms with Gasteiger partial charge in [0.1, 0.15) is 5.69 Å². The molecule has 1 aliphatic rings. The molecule has 7 nitrogen and oxygen atoms in total. The number of fused-ring (bicyclic) bond motifs is 1. The standard InChI is InChI=1S/C27H26N6O/c28-22(20-9-2-1-3-10-20)14-16-29-19-21-11-8-17-32(21)27(34)25-24-13-5-7-18-33(24)31-26(25)23-12-4-6-15-30-23/h1-7,9-10,12-16,18,21H,8,11,17,19,28H2/b22-14-,29-16?/t21-/m0/s1. The number of rotatable bonds is 6. The third kappa shape index (κ3) is 4.32. The molecule has 5 rings (SSSR count). The van der Waals surface area contributed by atoms with Gasteiger partial charge in [0.2, 0.25) is 0 Å². The van der Waals surface area contributed by atoms with Crippen molar-refractivity contribution in [3.8, 4) is 11.4 Å². The molecule has 4 heterocycles. The van der Waals surface area contributed by atoms with Crippen LogP contribution in [0, 0.1) is 0 Å². The van der Waals surface area contributed by atoms with Crippen LogP contribution in [0.3, 0.4) is 0 Å². The number of carbonyl (C=O) groups is 1. The molecule has 0 bridgehead atoms. The average molecular weight is 451 g/mol. The van der Waals surface area contributed by atoms with Crippen LogP contribution in [0.15, 0.2) is 90.2 Å². The fourth-order valence-corrected chi connectivity index (χ4v) is 4.37. The van der Waals surface area contributed by atoms with Gasteiger partial charge in [-0.25, -0.2) is 4.52 Å². The van der Waals surface area contributed by atoms with Crippen molar-refractivity contribution in [1.82, 2.24) is 19.5 Å². The Hall–Kier alpha value is -4.26. The van der Waals surface area contributed by atoms with E-state index in [-0.39, 0.29) is 11.9 Å². The first-order chi connectivity index (χ1) is 16.7. The highest BCUT2D eigenvalue weighted by atomic mass is 16.2. The van der Waals surface area contributed by atoms with Crippen molar-refractivity contribution in [2.24, 2.45) is 10.7 Å². The fourth-order valence-electron chi connectivity index (χ4n) is 4.37. The number of nitrogens with two attached hydrogens (primary N) is 1. The van der Waals surface area contributed by atoms with Crippen LogP contribution in [0.1, 0.15) is 28.8 Å². The molecule has 2 N–H and O–H groups in total. The van der Waals surface area contributed by atoms with Crippen molar-refractivity contribution in [1.29, 1.82) is 0 Å². The highest BCUT2D eigenvalue weighted by molar-refractivity contribution is 6.06. The van der Waals surface area contributed by atoms with Crippen LogP contribution in [0.5, 0.6) is 0 Å². The van der Waals surface area contributed by atoms with E-state index in [1.54, 1.807) is 23.0 Å². The van der Waals surface area contributed by atoms with Gasteiger partial charge in [-0.2, -0.15) is 5.10 Å². The SMILES string of the molecule is N/C(=C\C=NC[C@@H]1CCCN1C(=O)c1c(-c2ccccn2)nn2ccccc12)c1ccccc1. The molecule has 0 unspecified atom stereocenters. The molecule has 1 aliphatic heterocycles. The molecule has 1 aromatic carbocycles. The van der Waals surface area contributed by atoms with Crippen molar-refractivity contribution in [2.75, 3.05) is 13.1 Å². The number of amides is 1. The van der Waals surface area contributed by atoms with Gasteiger partial charge in [-0.3, -0.25) is 14.8 Å². The van der Waals surface area contributed by atoms with Crippen molar-refractivity contribution in [2.45, 2.75) is 18.9 Å². The van der Waals surface area contributed by atoms with Crippen molar-refractivity contribution in [3.05, 3.63) is 96.3 Å². The van der Waals surface area contributed by atoms with E-state index in [4.69, 9.17) is 5.73 Å². The van der Waals surface area contributed by atoms with Crippen LogP contribution in [0.2, 0.25) is 0 Å². The highest BCUT2D eigenvalue weighted by Crippen LogP contribution is 2.29. The Labute approximate surface area is 198 Å². The molecule has 170 valence electrons. The first-order valence-electron chi connectivity index (χ1n) is 11.4. The predicted molar refractivity (Wildman–Crippen MR) is 134 cm³/mol. The topological polar surface area (TPSA) is 88.9 Å². The van der Waals surface area contributed by atoms with Crippen LogP contribution < -0.4 is 5.73 Å². The maximum absolute atomic E-state index is 13.8. The maximum atomic E-state index is 13.8. The molecular weight excluding hydrogens is 424 g/mol. The summed E-state index contributed by atoms with van der Waals surface area (Å²) in [6.45, 7) is 1.23. The lowest BCUT2D eigenvalue weighted by molar-refractivity contribution is 0.0744. The Morgan fingerprint density at radius 3 is 2.74 bits per heavy atom. The average Bonchev–Trinajstić information content (AvgIpc) is 3.52. The number of allylic oxidation sites excluding steroid dienone is 1. The molecule has 4 aromatic rings. The molecule has 0 radical (unpaired) electrons. The Kier molecular flexibility index (Phi) is 6.16. The predicted octanol–water partition coefficient (Wildman–Crippen LogP) is 4.07. The number of benzene rings is 1. The zero-order valence-corrected chi connectivity index (χ0v) is 18.8. The summed E-state index contributed by atoms with van der Waals surface area (Å²) >= 11 is 0. The van der Waals surface area contributed by atoms with E-state index in [1.165, 1.54) is 0 Å². The van der Waals surface area contributed by atoms with Gasteiger partial charge in [0, 0.05) is 30.9 Å². The molecule has 1 atom stereocenters. The van der Waals surface area contributed by atoms with E-state index >= 15 is 0 Å². The summed E-state index contributed by atoms with van der Waals surface area (Å²) in [5.74, 6) is -0.0288. The lowest BCUT2D eigenvalue weighted by Crippen LogP contribution is -2.37. The van der Waals surface area contributed by atoms with E-state index in [9.17, 15) is 4.79 Å². The molecule has 34 heavy (non-hydrogen) atoms. The van der Waals surface area contributed by atoms with Gasteiger partial charge in [-0.1, -0.05) is 42.5 Å². The molecule has 1 amide bonds. The molecule has 0 saturated carbocycles. The summed E-state index contributed by atoms with van der Waals surface area (Å²) in [5, 5.41) is 4.68. The third-order valence-corrected chi connectivity index (χ3v) is 6.08. The molecule has 1 saturated heterocycles. The molecule has 7 heteroatoms. The van der Waals surface area contributed by atoms with Gasteiger partial charge in [-0.05, 0) is 48.7 Å². The normalized spacial score (nSPS) is 16.5. The van der Waals surface area contributed by atoms with Crippen molar-refractivity contribution < 1.29 is 4.79 Å². The first-order valence-corrected chi connectivity index (χ1v) is 11.4. The number of carbonyl (C=O) groups excluding carboxylic acids is 1. The summed E-state index contributed by atoms with van der Waals surface area (Å²) in [6.07, 6.45) is 8.98. The molecular formula is C27H26N6O. The second kappa shape index (κ2) is 9.70. The van der Waals surface area contributed by atoms with Gasteiger partial charge in [0.05, 0.1) is 29.4 Å². The van der Waals surface area contributed by atoms with Gasteiger partial charge in [0.25, 0.3) is 5.91 Å². The van der Waals surface area contributed by atoms with Gasteiger partial charge < -0.3 is 10.6 Å². The quantitative estimate of drug-likeness (QED) is 0.449. The van der Waals surface area contributed by atoms with Crippen LogP contribution in [-0.4, -0.2) is 50.8 Å². The summed E-state index contributed by atoms with van der Waals surface area (Å²) in [5.41, 5.74) is 10.4. The van der Waals surface area contributed by atoms with Crippen LogP contribution in [-0.2, 0) is 0 Å². The van der Waals surface area contributed by atoms with Gasteiger partial charge in [0.15, 0.2) is 0 Å².